The largest absolute Gasteiger partial charge is 0.310 e. The van der Waals surface area contributed by atoms with Gasteiger partial charge in [0.05, 0.1) is 6.54 Å². The molecule has 0 saturated carbocycles. The first-order valence-corrected chi connectivity index (χ1v) is 7.89. The summed E-state index contributed by atoms with van der Waals surface area (Å²) in [5, 5.41) is 2.57. The zero-order valence-electron chi connectivity index (χ0n) is 14.1. The number of nitrogens with zero attached hydrogens (tertiary/aromatic N) is 3. The van der Waals surface area contributed by atoms with Crippen LogP contribution in [0.25, 0.3) is 0 Å². The Balaban J connectivity index is 1.87. The van der Waals surface area contributed by atoms with Crippen molar-refractivity contribution in [2.24, 2.45) is 0 Å². The van der Waals surface area contributed by atoms with E-state index in [0.717, 1.165) is 16.8 Å². The Labute approximate surface area is 145 Å². The summed E-state index contributed by atoms with van der Waals surface area (Å²) in [7, 11) is 0. The van der Waals surface area contributed by atoms with E-state index in [1.807, 2.05) is 31.2 Å². The Kier molecular flexibility index (Phi) is 4.70. The SMILES string of the molecule is Cc1ccnc(NC(=O)c2cccn(Cc3ccccc3C)c2=O)n1. The smallest absolute Gasteiger partial charge is 0.263 e. The fourth-order valence-electron chi connectivity index (χ4n) is 2.48. The molecule has 0 aliphatic heterocycles. The minimum Gasteiger partial charge on any atom is -0.310 e. The van der Waals surface area contributed by atoms with E-state index in [1.165, 1.54) is 10.6 Å². The number of carbonyl (C=O) groups excluding carboxylic acids is 1. The van der Waals surface area contributed by atoms with E-state index in [-0.39, 0.29) is 17.1 Å². The van der Waals surface area contributed by atoms with Gasteiger partial charge in [0.2, 0.25) is 5.95 Å². The molecule has 0 aliphatic carbocycles. The highest BCUT2D eigenvalue weighted by atomic mass is 16.2. The van der Waals surface area contributed by atoms with Crippen molar-refractivity contribution in [2.45, 2.75) is 20.4 Å². The number of aryl methyl sites for hydroxylation is 2. The number of hydrogen-bond donors (Lipinski definition) is 1. The van der Waals surface area contributed by atoms with E-state index in [1.54, 1.807) is 31.5 Å². The number of carbonyl (C=O) groups is 1. The van der Waals surface area contributed by atoms with Gasteiger partial charge in [-0.1, -0.05) is 24.3 Å². The van der Waals surface area contributed by atoms with Crippen LogP contribution in [0, 0.1) is 13.8 Å². The topological polar surface area (TPSA) is 76.9 Å². The summed E-state index contributed by atoms with van der Waals surface area (Å²) >= 11 is 0. The molecule has 126 valence electrons. The summed E-state index contributed by atoms with van der Waals surface area (Å²) in [6, 6.07) is 12.8. The summed E-state index contributed by atoms with van der Waals surface area (Å²) in [6.45, 7) is 4.20. The first-order chi connectivity index (χ1) is 12.0. The average molecular weight is 334 g/mol. The number of rotatable bonds is 4. The first-order valence-electron chi connectivity index (χ1n) is 7.89. The Bertz CT molecular complexity index is 979. The minimum absolute atomic E-state index is 0.0567. The predicted molar refractivity (Wildman–Crippen MR) is 95.7 cm³/mol. The molecular formula is C19H18N4O2. The molecule has 0 unspecified atom stereocenters. The number of anilines is 1. The van der Waals surface area contributed by atoms with E-state index in [9.17, 15) is 9.59 Å². The molecule has 1 aromatic carbocycles. The van der Waals surface area contributed by atoms with E-state index in [2.05, 4.69) is 15.3 Å². The summed E-state index contributed by atoms with van der Waals surface area (Å²) < 4.78 is 1.52. The van der Waals surface area contributed by atoms with Crippen LogP contribution < -0.4 is 10.9 Å². The van der Waals surface area contributed by atoms with Crippen LogP contribution in [0.2, 0.25) is 0 Å². The van der Waals surface area contributed by atoms with Crippen molar-refractivity contribution in [3.63, 3.8) is 0 Å². The molecule has 1 amide bonds. The lowest BCUT2D eigenvalue weighted by Crippen LogP contribution is -2.29. The third-order valence-electron chi connectivity index (χ3n) is 3.89. The van der Waals surface area contributed by atoms with Gasteiger partial charge in [-0.3, -0.25) is 14.9 Å². The van der Waals surface area contributed by atoms with Gasteiger partial charge in [-0.15, -0.1) is 0 Å². The summed E-state index contributed by atoms with van der Waals surface area (Å²) in [4.78, 5) is 33.2. The lowest BCUT2D eigenvalue weighted by molar-refractivity contribution is 0.102. The van der Waals surface area contributed by atoms with Gasteiger partial charge >= 0.3 is 0 Å². The zero-order valence-corrected chi connectivity index (χ0v) is 14.1. The Morgan fingerprint density at radius 1 is 1.12 bits per heavy atom. The Hall–Kier alpha value is -3.28. The van der Waals surface area contributed by atoms with Gasteiger partial charge in [-0.05, 0) is 43.2 Å². The standard InChI is InChI=1S/C19H18N4O2/c1-13-6-3-4-7-15(13)12-23-11-5-8-16(18(23)25)17(24)22-19-20-10-9-14(2)21-19/h3-11H,12H2,1-2H3,(H,20,21,22,24). The van der Waals surface area contributed by atoms with E-state index in [4.69, 9.17) is 0 Å². The lowest BCUT2D eigenvalue weighted by Gasteiger charge is -2.10. The fourth-order valence-corrected chi connectivity index (χ4v) is 2.48. The lowest BCUT2D eigenvalue weighted by atomic mass is 10.1. The molecule has 3 rings (SSSR count). The number of pyridine rings is 1. The number of benzene rings is 1. The van der Waals surface area contributed by atoms with Gasteiger partial charge < -0.3 is 4.57 Å². The predicted octanol–water partition coefficient (Wildman–Crippen LogP) is 2.56. The van der Waals surface area contributed by atoms with Crippen LogP contribution in [-0.4, -0.2) is 20.4 Å². The minimum atomic E-state index is -0.519. The third kappa shape index (κ3) is 3.80. The van der Waals surface area contributed by atoms with Crippen LogP contribution in [0.5, 0.6) is 0 Å². The molecule has 0 saturated heterocycles. The number of nitrogens with one attached hydrogen (secondary N) is 1. The normalized spacial score (nSPS) is 10.5. The summed E-state index contributed by atoms with van der Waals surface area (Å²) in [5.74, 6) is -0.339. The van der Waals surface area contributed by atoms with Gasteiger partial charge in [-0.2, -0.15) is 0 Å². The van der Waals surface area contributed by atoms with Crippen LogP contribution >= 0.6 is 0 Å². The van der Waals surface area contributed by atoms with Crippen LogP contribution in [0.1, 0.15) is 27.2 Å². The molecular weight excluding hydrogens is 316 g/mol. The average Bonchev–Trinajstić information content (AvgIpc) is 2.58. The highest BCUT2D eigenvalue weighted by Gasteiger charge is 2.14. The molecule has 25 heavy (non-hydrogen) atoms. The molecule has 0 atom stereocenters. The molecule has 6 heteroatoms. The summed E-state index contributed by atoms with van der Waals surface area (Å²) in [6.07, 6.45) is 3.23. The van der Waals surface area contributed by atoms with Crippen LogP contribution in [0.15, 0.2) is 59.7 Å². The van der Waals surface area contributed by atoms with Crippen molar-refractivity contribution >= 4 is 11.9 Å². The van der Waals surface area contributed by atoms with Crippen molar-refractivity contribution in [1.29, 1.82) is 0 Å². The van der Waals surface area contributed by atoms with Gasteiger partial charge in [-0.25, -0.2) is 9.97 Å². The van der Waals surface area contributed by atoms with Crippen molar-refractivity contribution in [1.82, 2.24) is 14.5 Å². The molecule has 0 aliphatic rings. The van der Waals surface area contributed by atoms with Crippen LogP contribution in [0.4, 0.5) is 5.95 Å². The molecule has 0 radical (unpaired) electrons. The number of amides is 1. The molecule has 2 heterocycles. The van der Waals surface area contributed by atoms with Gasteiger partial charge in [0.25, 0.3) is 11.5 Å². The highest BCUT2D eigenvalue weighted by molar-refractivity contribution is 6.03. The number of aromatic nitrogens is 3. The molecule has 3 aromatic rings. The van der Waals surface area contributed by atoms with E-state index >= 15 is 0 Å². The molecule has 0 fully saturated rings. The van der Waals surface area contributed by atoms with Crippen LogP contribution in [-0.2, 0) is 6.54 Å². The van der Waals surface area contributed by atoms with Crippen molar-refractivity contribution < 1.29 is 4.79 Å². The third-order valence-corrected chi connectivity index (χ3v) is 3.89. The van der Waals surface area contributed by atoms with Gasteiger partial charge in [0.1, 0.15) is 5.56 Å². The monoisotopic (exact) mass is 334 g/mol. The van der Waals surface area contributed by atoms with Crippen molar-refractivity contribution in [3.8, 4) is 0 Å². The molecule has 1 N–H and O–H groups in total. The Morgan fingerprint density at radius 3 is 2.68 bits per heavy atom. The maximum Gasteiger partial charge on any atom is 0.263 e. The maximum absolute atomic E-state index is 12.6. The molecule has 0 spiro atoms. The number of hydrogen-bond acceptors (Lipinski definition) is 4. The molecule has 6 nitrogen and oxygen atoms in total. The quantitative estimate of drug-likeness (QED) is 0.795. The molecule has 0 bridgehead atoms. The summed E-state index contributed by atoms with van der Waals surface area (Å²) in [5.41, 5.74) is 2.56. The van der Waals surface area contributed by atoms with E-state index < -0.39 is 5.91 Å². The zero-order chi connectivity index (χ0) is 17.8. The second-order valence-corrected chi connectivity index (χ2v) is 5.76. The first kappa shape index (κ1) is 16.6. The maximum atomic E-state index is 12.6. The second kappa shape index (κ2) is 7.09. The highest BCUT2D eigenvalue weighted by Crippen LogP contribution is 2.08. The van der Waals surface area contributed by atoms with Gasteiger partial charge in [0.15, 0.2) is 0 Å². The fraction of sp³-hybridized carbons (Fsp3) is 0.158. The van der Waals surface area contributed by atoms with Crippen LogP contribution in [0.3, 0.4) is 0 Å². The van der Waals surface area contributed by atoms with Gasteiger partial charge in [0, 0.05) is 18.1 Å². The Morgan fingerprint density at radius 2 is 1.92 bits per heavy atom. The van der Waals surface area contributed by atoms with Crippen molar-refractivity contribution in [2.75, 3.05) is 5.32 Å². The second-order valence-electron chi connectivity index (χ2n) is 5.76. The molecule has 2 aromatic heterocycles. The van der Waals surface area contributed by atoms with Crippen molar-refractivity contribution in [3.05, 3.63) is 87.6 Å². The van der Waals surface area contributed by atoms with E-state index in [0.29, 0.717) is 6.54 Å².